The van der Waals surface area contributed by atoms with Gasteiger partial charge in [-0.1, -0.05) is 13.0 Å². The zero-order valence-electron chi connectivity index (χ0n) is 8.72. The number of nitrogens with one attached hydrogen (secondary N) is 1. The molecule has 0 fully saturated rings. The molecule has 0 radical (unpaired) electrons. The van der Waals surface area contributed by atoms with Crippen molar-refractivity contribution in [2.45, 2.75) is 13.5 Å². The third kappa shape index (κ3) is 3.83. The van der Waals surface area contributed by atoms with E-state index in [-0.39, 0.29) is 12.4 Å². The van der Waals surface area contributed by atoms with E-state index < -0.39 is 12.5 Å². The highest BCUT2D eigenvalue weighted by atomic mass is 19.1. The lowest BCUT2D eigenvalue weighted by molar-refractivity contribution is 0.262. The van der Waals surface area contributed by atoms with Crippen molar-refractivity contribution in [2.24, 2.45) is 0 Å². The fraction of sp³-hybridized carbons (Fsp3) is 0.455. The predicted molar refractivity (Wildman–Crippen MR) is 55.3 cm³/mol. The summed E-state index contributed by atoms with van der Waals surface area (Å²) in [4.78, 5) is 0. The maximum atomic E-state index is 13.3. The summed E-state index contributed by atoms with van der Waals surface area (Å²) >= 11 is 0. The molecule has 0 aliphatic carbocycles. The van der Waals surface area contributed by atoms with Crippen LogP contribution < -0.4 is 10.1 Å². The first-order chi connectivity index (χ1) is 7.27. The standard InChI is InChI=1S/C11H15F2NO/c1-2-14-8-9-3-4-11(10(13)7-9)15-6-5-12/h3-4,7,14H,2,5-6,8H2,1H3. The lowest BCUT2D eigenvalue weighted by Crippen LogP contribution is -2.12. The van der Waals surface area contributed by atoms with Crippen LogP contribution in [0.5, 0.6) is 5.75 Å². The Morgan fingerprint density at radius 2 is 2.20 bits per heavy atom. The molecule has 1 aromatic carbocycles. The smallest absolute Gasteiger partial charge is 0.165 e. The second kappa shape index (κ2) is 6.35. The second-order valence-electron chi connectivity index (χ2n) is 3.08. The minimum Gasteiger partial charge on any atom is -0.488 e. The summed E-state index contributed by atoms with van der Waals surface area (Å²) in [6.45, 7) is 2.72. The quantitative estimate of drug-likeness (QED) is 0.786. The summed E-state index contributed by atoms with van der Waals surface area (Å²) in [7, 11) is 0. The second-order valence-corrected chi connectivity index (χ2v) is 3.08. The minimum atomic E-state index is -0.613. The molecule has 1 rings (SSSR count). The molecular weight excluding hydrogens is 200 g/mol. The van der Waals surface area contributed by atoms with Gasteiger partial charge in [0.1, 0.15) is 13.3 Å². The summed E-state index contributed by atoms with van der Waals surface area (Å²) in [6.07, 6.45) is 0. The number of alkyl halides is 1. The minimum absolute atomic E-state index is 0.105. The zero-order chi connectivity index (χ0) is 11.1. The number of ether oxygens (including phenoxy) is 1. The Morgan fingerprint density at radius 1 is 1.40 bits per heavy atom. The van der Waals surface area contributed by atoms with Crippen LogP contribution in [0, 0.1) is 5.82 Å². The predicted octanol–water partition coefficient (Wildman–Crippen LogP) is 2.28. The van der Waals surface area contributed by atoms with Gasteiger partial charge in [-0.3, -0.25) is 0 Å². The van der Waals surface area contributed by atoms with Crippen LogP contribution in [-0.2, 0) is 6.54 Å². The van der Waals surface area contributed by atoms with E-state index >= 15 is 0 Å². The third-order valence-electron chi connectivity index (χ3n) is 1.91. The average Bonchev–Trinajstić information content (AvgIpc) is 2.25. The topological polar surface area (TPSA) is 21.3 Å². The van der Waals surface area contributed by atoms with E-state index in [1.54, 1.807) is 6.07 Å². The summed E-state index contributed by atoms with van der Waals surface area (Å²) in [5.41, 5.74) is 0.849. The van der Waals surface area contributed by atoms with Crippen molar-refractivity contribution in [1.29, 1.82) is 0 Å². The highest BCUT2D eigenvalue weighted by molar-refractivity contribution is 5.29. The van der Waals surface area contributed by atoms with E-state index in [2.05, 4.69) is 5.32 Å². The van der Waals surface area contributed by atoms with Gasteiger partial charge in [0.15, 0.2) is 11.6 Å². The molecule has 1 N–H and O–H groups in total. The van der Waals surface area contributed by atoms with Gasteiger partial charge in [-0.25, -0.2) is 8.78 Å². The SMILES string of the molecule is CCNCc1ccc(OCCF)c(F)c1. The van der Waals surface area contributed by atoms with Crippen LogP contribution >= 0.6 is 0 Å². The molecular formula is C11H15F2NO. The Bertz CT molecular complexity index is 305. The summed E-state index contributed by atoms with van der Waals surface area (Å²) in [5, 5.41) is 3.09. The van der Waals surface area contributed by atoms with Crippen molar-refractivity contribution in [1.82, 2.24) is 5.32 Å². The van der Waals surface area contributed by atoms with Crippen molar-refractivity contribution in [3.8, 4) is 5.75 Å². The molecule has 0 aromatic heterocycles. The van der Waals surface area contributed by atoms with E-state index in [0.717, 1.165) is 12.1 Å². The van der Waals surface area contributed by atoms with Gasteiger partial charge >= 0.3 is 0 Å². The molecule has 0 aliphatic heterocycles. The Kier molecular flexibility index (Phi) is 5.04. The molecule has 0 heterocycles. The molecule has 4 heteroatoms. The number of rotatable bonds is 6. The van der Waals surface area contributed by atoms with Crippen LogP contribution in [0.1, 0.15) is 12.5 Å². The van der Waals surface area contributed by atoms with Crippen LogP contribution in [-0.4, -0.2) is 19.8 Å². The first-order valence-corrected chi connectivity index (χ1v) is 4.95. The maximum Gasteiger partial charge on any atom is 0.165 e. The highest BCUT2D eigenvalue weighted by Gasteiger charge is 2.04. The Labute approximate surface area is 88.3 Å². The largest absolute Gasteiger partial charge is 0.488 e. The van der Waals surface area contributed by atoms with Gasteiger partial charge in [0.05, 0.1) is 0 Å². The Hall–Kier alpha value is -1.16. The monoisotopic (exact) mass is 215 g/mol. The van der Waals surface area contributed by atoms with Crippen LogP contribution in [0.2, 0.25) is 0 Å². The maximum absolute atomic E-state index is 13.3. The number of benzene rings is 1. The molecule has 0 unspecified atom stereocenters. The molecule has 0 spiro atoms. The van der Waals surface area contributed by atoms with Crippen molar-refractivity contribution in [2.75, 3.05) is 19.8 Å². The van der Waals surface area contributed by atoms with Crippen molar-refractivity contribution in [3.63, 3.8) is 0 Å². The Morgan fingerprint density at radius 3 is 2.80 bits per heavy atom. The third-order valence-corrected chi connectivity index (χ3v) is 1.91. The van der Waals surface area contributed by atoms with Gasteiger partial charge in [0.25, 0.3) is 0 Å². The fourth-order valence-corrected chi connectivity index (χ4v) is 1.19. The molecule has 0 saturated carbocycles. The lowest BCUT2D eigenvalue weighted by atomic mass is 10.2. The molecule has 0 bridgehead atoms. The van der Waals surface area contributed by atoms with E-state index in [1.807, 2.05) is 6.92 Å². The molecule has 15 heavy (non-hydrogen) atoms. The molecule has 0 atom stereocenters. The number of halogens is 2. The molecule has 1 aromatic rings. The van der Waals surface area contributed by atoms with Gasteiger partial charge < -0.3 is 10.1 Å². The van der Waals surface area contributed by atoms with Crippen LogP contribution in [0.25, 0.3) is 0 Å². The van der Waals surface area contributed by atoms with Crippen LogP contribution in [0.4, 0.5) is 8.78 Å². The molecule has 2 nitrogen and oxygen atoms in total. The zero-order valence-corrected chi connectivity index (χ0v) is 8.72. The first-order valence-electron chi connectivity index (χ1n) is 4.95. The average molecular weight is 215 g/mol. The fourth-order valence-electron chi connectivity index (χ4n) is 1.19. The van der Waals surface area contributed by atoms with Gasteiger partial charge in [0, 0.05) is 6.54 Å². The Balaban J connectivity index is 2.61. The molecule has 0 amide bonds. The summed E-state index contributed by atoms with van der Waals surface area (Å²) < 4.78 is 30.0. The first kappa shape index (κ1) is 11.9. The normalized spacial score (nSPS) is 10.3. The highest BCUT2D eigenvalue weighted by Crippen LogP contribution is 2.18. The van der Waals surface area contributed by atoms with E-state index in [1.165, 1.54) is 12.1 Å². The molecule has 0 saturated heterocycles. The van der Waals surface area contributed by atoms with Gasteiger partial charge in [-0.15, -0.1) is 0 Å². The van der Waals surface area contributed by atoms with E-state index in [0.29, 0.717) is 6.54 Å². The van der Waals surface area contributed by atoms with Crippen molar-refractivity contribution >= 4 is 0 Å². The van der Waals surface area contributed by atoms with Gasteiger partial charge in [0.2, 0.25) is 0 Å². The summed E-state index contributed by atoms with van der Waals surface area (Å²) in [5.74, 6) is -0.341. The summed E-state index contributed by atoms with van der Waals surface area (Å²) in [6, 6.07) is 4.69. The number of hydrogen-bond donors (Lipinski definition) is 1. The van der Waals surface area contributed by atoms with E-state index in [9.17, 15) is 8.78 Å². The molecule has 0 aliphatic rings. The lowest BCUT2D eigenvalue weighted by Gasteiger charge is -2.07. The van der Waals surface area contributed by atoms with Crippen molar-refractivity contribution < 1.29 is 13.5 Å². The van der Waals surface area contributed by atoms with E-state index in [4.69, 9.17) is 4.74 Å². The van der Waals surface area contributed by atoms with Crippen LogP contribution in [0.15, 0.2) is 18.2 Å². The van der Waals surface area contributed by atoms with Gasteiger partial charge in [-0.2, -0.15) is 0 Å². The number of hydrogen-bond acceptors (Lipinski definition) is 2. The van der Waals surface area contributed by atoms with Crippen molar-refractivity contribution in [3.05, 3.63) is 29.6 Å². The van der Waals surface area contributed by atoms with Gasteiger partial charge in [-0.05, 0) is 24.2 Å². The van der Waals surface area contributed by atoms with Crippen LogP contribution in [0.3, 0.4) is 0 Å². The molecule has 84 valence electrons.